The van der Waals surface area contributed by atoms with Crippen LogP contribution in [0.4, 0.5) is 0 Å². The van der Waals surface area contributed by atoms with Gasteiger partial charge in [-0.15, -0.1) is 0 Å². The van der Waals surface area contributed by atoms with Crippen LogP contribution in [0.25, 0.3) is 0 Å². The van der Waals surface area contributed by atoms with Crippen molar-refractivity contribution in [2.45, 2.75) is 58.2 Å². The van der Waals surface area contributed by atoms with Gasteiger partial charge in [0.05, 0.1) is 6.42 Å². The zero-order valence-corrected chi connectivity index (χ0v) is 12.2. The van der Waals surface area contributed by atoms with Crippen LogP contribution in [0.15, 0.2) is 0 Å². The van der Waals surface area contributed by atoms with Gasteiger partial charge in [-0.2, -0.15) is 0 Å². The van der Waals surface area contributed by atoms with Gasteiger partial charge < -0.3 is 4.43 Å². The van der Waals surface area contributed by atoms with Crippen LogP contribution >= 0.6 is 0 Å². The molecule has 2 nitrogen and oxygen atoms in total. The van der Waals surface area contributed by atoms with E-state index in [2.05, 4.69) is 45.5 Å². The van der Waals surface area contributed by atoms with Gasteiger partial charge in [0, 0.05) is 6.42 Å². The third-order valence-electron chi connectivity index (χ3n) is 3.74. The molecule has 0 unspecified atom stereocenters. The lowest BCUT2D eigenvalue weighted by Gasteiger charge is -2.36. The van der Waals surface area contributed by atoms with Crippen LogP contribution in [0.5, 0.6) is 0 Å². The van der Waals surface area contributed by atoms with Crippen molar-refractivity contribution in [3.63, 3.8) is 0 Å². The highest BCUT2D eigenvalue weighted by atomic mass is 28.4. The summed E-state index contributed by atoms with van der Waals surface area (Å²) in [6.07, 6.45) is 3.72. The van der Waals surface area contributed by atoms with Gasteiger partial charge in [-0.25, -0.2) is 4.58 Å². The van der Waals surface area contributed by atoms with Crippen molar-refractivity contribution in [3.05, 3.63) is 0 Å². The SMILES string of the molecule is C[N+]1=C(O[Si](C)(C)C(C)(C)C)CCCC1. The molecule has 0 radical (unpaired) electrons. The molecule has 0 atom stereocenters. The first kappa shape index (κ1) is 12.8. The summed E-state index contributed by atoms with van der Waals surface area (Å²) in [5, 5.41) is 0.304. The zero-order chi connectivity index (χ0) is 11.7. The van der Waals surface area contributed by atoms with Gasteiger partial charge in [0.15, 0.2) is 0 Å². The van der Waals surface area contributed by atoms with E-state index in [1.165, 1.54) is 18.7 Å². The van der Waals surface area contributed by atoms with Crippen molar-refractivity contribution in [3.8, 4) is 0 Å². The number of nitrogens with zero attached hydrogens (tertiary/aromatic N) is 1. The third kappa shape index (κ3) is 3.07. The van der Waals surface area contributed by atoms with Crippen molar-refractivity contribution in [2.24, 2.45) is 0 Å². The van der Waals surface area contributed by atoms with E-state index >= 15 is 0 Å². The second-order valence-electron chi connectivity index (χ2n) is 6.13. The molecule has 0 aromatic rings. The summed E-state index contributed by atoms with van der Waals surface area (Å²) in [6.45, 7) is 12.7. The van der Waals surface area contributed by atoms with Crippen molar-refractivity contribution in [1.29, 1.82) is 0 Å². The molecule has 88 valence electrons. The summed E-state index contributed by atoms with van der Waals surface area (Å²) in [7, 11) is 0.542. The van der Waals surface area contributed by atoms with E-state index in [1.807, 2.05) is 0 Å². The van der Waals surface area contributed by atoms with E-state index in [-0.39, 0.29) is 0 Å². The average Bonchev–Trinajstić information content (AvgIpc) is 2.06. The Kier molecular flexibility index (Phi) is 3.64. The minimum absolute atomic E-state index is 0.304. The Morgan fingerprint density at radius 1 is 1.20 bits per heavy atom. The molecule has 0 aliphatic carbocycles. The lowest BCUT2D eigenvalue weighted by Crippen LogP contribution is -2.45. The maximum atomic E-state index is 6.34. The minimum atomic E-state index is -1.61. The second-order valence-corrected chi connectivity index (χ2v) is 10.9. The van der Waals surface area contributed by atoms with Gasteiger partial charge in [0.25, 0.3) is 8.32 Å². The Labute approximate surface area is 95.5 Å². The normalized spacial score (nSPS) is 19.3. The molecular weight excluding hydrogens is 202 g/mol. The van der Waals surface area contributed by atoms with Crippen molar-refractivity contribution in [1.82, 2.24) is 0 Å². The Hall–Kier alpha value is -0.313. The maximum absolute atomic E-state index is 6.34. The van der Waals surface area contributed by atoms with Crippen molar-refractivity contribution < 1.29 is 9.00 Å². The molecule has 0 aromatic carbocycles. The molecule has 0 saturated carbocycles. The highest BCUT2D eigenvalue weighted by Crippen LogP contribution is 2.37. The highest BCUT2D eigenvalue weighted by molar-refractivity contribution is 6.75. The fourth-order valence-electron chi connectivity index (χ4n) is 1.52. The summed E-state index contributed by atoms with van der Waals surface area (Å²) >= 11 is 0. The van der Waals surface area contributed by atoms with E-state index in [9.17, 15) is 0 Å². The average molecular weight is 228 g/mol. The van der Waals surface area contributed by atoms with Gasteiger partial charge >= 0.3 is 5.90 Å². The first-order valence-electron chi connectivity index (χ1n) is 6.00. The van der Waals surface area contributed by atoms with Crippen molar-refractivity contribution >= 4 is 14.2 Å². The molecule has 3 heteroatoms. The molecule has 1 heterocycles. The molecule has 0 spiro atoms. The Morgan fingerprint density at radius 3 is 2.27 bits per heavy atom. The summed E-state index contributed by atoms with van der Waals surface area (Å²) in [5.41, 5.74) is 0. The molecule has 0 saturated heterocycles. The van der Waals surface area contributed by atoms with Crippen LogP contribution in [0.1, 0.15) is 40.0 Å². The number of rotatable bonds is 1. The van der Waals surface area contributed by atoms with Gasteiger partial charge in [0.2, 0.25) is 0 Å². The fourth-order valence-corrected chi connectivity index (χ4v) is 2.67. The Balaban J connectivity index is 2.77. The van der Waals surface area contributed by atoms with Crippen LogP contribution in [0.2, 0.25) is 18.1 Å². The van der Waals surface area contributed by atoms with E-state index in [4.69, 9.17) is 4.43 Å². The third-order valence-corrected chi connectivity index (χ3v) is 8.10. The van der Waals surface area contributed by atoms with Crippen LogP contribution < -0.4 is 0 Å². The molecule has 0 fully saturated rings. The maximum Gasteiger partial charge on any atom is 0.322 e. The van der Waals surface area contributed by atoms with E-state index in [0.29, 0.717) is 5.04 Å². The molecule has 0 amide bonds. The standard InChI is InChI=1S/C12H26NOSi/c1-12(2,3)15(5,6)14-11-9-7-8-10-13(11)4/h7-10H2,1-6H3/q+1. The topological polar surface area (TPSA) is 12.2 Å². The van der Waals surface area contributed by atoms with E-state index in [0.717, 1.165) is 13.0 Å². The van der Waals surface area contributed by atoms with Gasteiger partial charge in [-0.1, -0.05) is 20.8 Å². The predicted molar refractivity (Wildman–Crippen MR) is 68.2 cm³/mol. The Morgan fingerprint density at radius 2 is 1.80 bits per heavy atom. The minimum Gasteiger partial charge on any atom is -0.502 e. The highest BCUT2D eigenvalue weighted by Gasteiger charge is 2.41. The van der Waals surface area contributed by atoms with E-state index in [1.54, 1.807) is 0 Å². The summed E-state index contributed by atoms with van der Waals surface area (Å²) in [6, 6.07) is 0. The first-order valence-corrected chi connectivity index (χ1v) is 8.91. The van der Waals surface area contributed by atoms with Crippen LogP contribution in [0, 0.1) is 0 Å². The smallest absolute Gasteiger partial charge is 0.322 e. The van der Waals surface area contributed by atoms with Crippen LogP contribution in [0.3, 0.4) is 0 Å². The molecule has 0 aromatic heterocycles. The van der Waals surface area contributed by atoms with Gasteiger partial charge in [-0.3, -0.25) is 0 Å². The molecule has 1 aliphatic heterocycles. The molecule has 1 rings (SSSR count). The molecule has 15 heavy (non-hydrogen) atoms. The van der Waals surface area contributed by atoms with Gasteiger partial charge in [0.1, 0.15) is 13.6 Å². The number of hydrogen-bond acceptors (Lipinski definition) is 1. The summed E-state index contributed by atoms with van der Waals surface area (Å²) < 4.78 is 8.63. The first-order chi connectivity index (χ1) is 6.74. The molecule has 0 bridgehead atoms. The van der Waals surface area contributed by atoms with Crippen molar-refractivity contribution in [2.75, 3.05) is 13.6 Å². The predicted octanol–water partition coefficient (Wildman–Crippen LogP) is 3.23. The van der Waals surface area contributed by atoms with Crippen LogP contribution in [-0.2, 0) is 4.43 Å². The molecule has 0 N–H and O–H groups in total. The lowest BCUT2D eigenvalue weighted by atomic mass is 10.2. The summed E-state index contributed by atoms with van der Waals surface area (Å²) in [4.78, 5) is 0. The summed E-state index contributed by atoms with van der Waals surface area (Å²) in [5.74, 6) is 1.23. The second kappa shape index (κ2) is 4.28. The van der Waals surface area contributed by atoms with Crippen LogP contribution in [-0.4, -0.2) is 32.4 Å². The zero-order valence-electron chi connectivity index (χ0n) is 11.2. The monoisotopic (exact) mass is 228 g/mol. The largest absolute Gasteiger partial charge is 0.502 e. The van der Waals surface area contributed by atoms with Gasteiger partial charge in [-0.05, 0) is 24.6 Å². The van der Waals surface area contributed by atoms with E-state index < -0.39 is 8.32 Å². The molecule has 1 aliphatic rings. The Bertz CT molecular complexity index is 263. The fraction of sp³-hybridized carbons (Fsp3) is 0.917. The molecular formula is C12H26NOSi+. The quantitative estimate of drug-likeness (QED) is 0.496. The number of hydrogen-bond donors (Lipinski definition) is 0. The lowest BCUT2D eigenvalue weighted by molar-refractivity contribution is -0.510.